The summed E-state index contributed by atoms with van der Waals surface area (Å²) in [6.45, 7) is 7.24. The molecule has 2 heterocycles. The van der Waals surface area contributed by atoms with Crippen LogP contribution in [0.25, 0.3) is 11.4 Å². The van der Waals surface area contributed by atoms with Gasteiger partial charge in [-0.05, 0) is 32.2 Å². The van der Waals surface area contributed by atoms with E-state index in [2.05, 4.69) is 41.4 Å². The fourth-order valence-corrected chi connectivity index (χ4v) is 1.99. The molecule has 0 aliphatic carbocycles. The molecule has 2 aromatic heterocycles. The first-order valence-electron chi connectivity index (χ1n) is 5.63. The molecule has 0 unspecified atom stereocenters. The summed E-state index contributed by atoms with van der Waals surface area (Å²) in [6.07, 6.45) is 3.78. The molecule has 0 radical (unpaired) electrons. The summed E-state index contributed by atoms with van der Waals surface area (Å²) in [6, 6.07) is 2.03. The van der Waals surface area contributed by atoms with Gasteiger partial charge in [-0.1, -0.05) is 0 Å². The largest absolute Gasteiger partial charge is 0.308 e. The third-order valence-corrected chi connectivity index (χ3v) is 2.99. The molecule has 0 saturated carbocycles. The predicted molar refractivity (Wildman–Crippen MR) is 71.9 cm³/mol. The number of hydrogen-bond donors (Lipinski definition) is 1. The number of thiophene rings is 1. The van der Waals surface area contributed by atoms with Crippen LogP contribution >= 0.6 is 11.3 Å². The monoisotopic (exact) mass is 247 g/mol. The minimum absolute atomic E-state index is 0.117. The van der Waals surface area contributed by atoms with Crippen molar-refractivity contribution in [2.75, 3.05) is 0 Å². The zero-order valence-corrected chi connectivity index (χ0v) is 11.2. The molecule has 0 aliphatic heterocycles. The average Bonchev–Trinajstić information content (AvgIpc) is 2.79. The molecular weight excluding hydrogens is 230 g/mol. The van der Waals surface area contributed by atoms with Crippen LogP contribution in [0.2, 0.25) is 0 Å². The summed E-state index contributed by atoms with van der Waals surface area (Å²) >= 11 is 1.66. The highest BCUT2D eigenvalue weighted by Crippen LogP contribution is 2.17. The lowest BCUT2D eigenvalue weighted by atomic mass is 10.1. The lowest BCUT2D eigenvalue weighted by molar-refractivity contribution is 0.423. The van der Waals surface area contributed by atoms with Crippen LogP contribution in [-0.4, -0.2) is 15.5 Å². The maximum atomic E-state index is 4.38. The SMILES string of the molecule is CC(C)(C)NCc1cnc(-c2ccsc2)nc1. The summed E-state index contributed by atoms with van der Waals surface area (Å²) in [4.78, 5) is 8.75. The van der Waals surface area contributed by atoms with Crippen LogP contribution in [0, 0.1) is 0 Å². The van der Waals surface area contributed by atoms with E-state index >= 15 is 0 Å². The van der Waals surface area contributed by atoms with Crippen LogP contribution < -0.4 is 5.32 Å². The van der Waals surface area contributed by atoms with Crippen LogP contribution in [0.15, 0.2) is 29.2 Å². The van der Waals surface area contributed by atoms with Crippen LogP contribution in [0.3, 0.4) is 0 Å². The Morgan fingerprint density at radius 1 is 1.24 bits per heavy atom. The maximum absolute atomic E-state index is 4.38. The van der Waals surface area contributed by atoms with Gasteiger partial charge in [0, 0.05) is 41.0 Å². The van der Waals surface area contributed by atoms with Crippen LogP contribution in [0.1, 0.15) is 26.3 Å². The van der Waals surface area contributed by atoms with Crippen molar-refractivity contribution in [3.8, 4) is 11.4 Å². The van der Waals surface area contributed by atoms with E-state index in [1.54, 1.807) is 11.3 Å². The Kier molecular flexibility index (Phi) is 3.54. The Hall–Kier alpha value is -1.26. The number of rotatable bonds is 3. The topological polar surface area (TPSA) is 37.8 Å². The number of aromatic nitrogens is 2. The summed E-state index contributed by atoms with van der Waals surface area (Å²) in [7, 11) is 0. The summed E-state index contributed by atoms with van der Waals surface area (Å²) < 4.78 is 0. The van der Waals surface area contributed by atoms with Gasteiger partial charge in [-0.25, -0.2) is 9.97 Å². The van der Waals surface area contributed by atoms with Gasteiger partial charge in [-0.2, -0.15) is 11.3 Å². The van der Waals surface area contributed by atoms with Crippen molar-refractivity contribution in [1.82, 2.24) is 15.3 Å². The first kappa shape index (κ1) is 12.2. The molecule has 0 fully saturated rings. The quantitative estimate of drug-likeness (QED) is 0.905. The van der Waals surface area contributed by atoms with Crippen molar-refractivity contribution in [2.45, 2.75) is 32.9 Å². The van der Waals surface area contributed by atoms with Crippen molar-refractivity contribution in [2.24, 2.45) is 0 Å². The van der Waals surface area contributed by atoms with Crippen LogP contribution in [0.5, 0.6) is 0 Å². The Balaban J connectivity index is 2.04. The highest BCUT2D eigenvalue weighted by molar-refractivity contribution is 7.08. The zero-order chi connectivity index (χ0) is 12.3. The number of nitrogens with one attached hydrogen (secondary N) is 1. The Labute approximate surface area is 106 Å². The summed E-state index contributed by atoms with van der Waals surface area (Å²) in [5.41, 5.74) is 2.32. The van der Waals surface area contributed by atoms with Gasteiger partial charge in [0.15, 0.2) is 5.82 Å². The molecule has 0 aromatic carbocycles. The molecule has 3 nitrogen and oxygen atoms in total. The van der Waals surface area contributed by atoms with Gasteiger partial charge in [0.1, 0.15) is 0 Å². The van der Waals surface area contributed by atoms with Gasteiger partial charge in [0.25, 0.3) is 0 Å². The highest BCUT2D eigenvalue weighted by atomic mass is 32.1. The zero-order valence-electron chi connectivity index (χ0n) is 10.4. The number of nitrogens with zero attached hydrogens (tertiary/aromatic N) is 2. The average molecular weight is 247 g/mol. The molecule has 0 aliphatic rings. The molecule has 1 N–H and O–H groups in total. The van der Waals surface area contributed by atoms with Crippen LogP contribution in [-0.2, 0) is 6.54 Å². The van der Waals surface area contributed by atoms with E-state index in [0.717, 1.165) is 23.5 Å². The van der Waals surface area contributed by atoms with E-state index in [0.29, 0.717) is 0 Å². The molecule has 0 amide bonds. The Morgan fingerprint density at radius 2 is 1.94 bits per heavy atom. The lowest BCUT2D eigenvalue weighted by Gasteiger charge is -2.20. The van der Waals surface area contributed by atoms with Gasteiger partial charge in [0.2, 0.25) is 0 Å². The van der Waals surface area contributed by atoms with Crippen molar-refractivity contribution in [3.05, 3.63) is 34.8 Å². The molecule has 17 heavy (non-hydrogen) atoms. The molecule has 2 aromatic rings. The predicted octanol–water partition coefficient (Wildman–Crippen LogP) is 3.09. The third kappa shape index (κ3) is 3.61. The van der Waals surface area contributed by atoms with Crippen molar-refractivity contribution >= 4 is 11.3 Å². The second-order valence-corrected chi connectivity index (χ2v) is 5.81. The Morgan fingerprint density at radius 3 is 2.47 bits per heavy atom. The molecule has 2 rings (SSSR count). The first-order valence-corrected chi connectivity index (χ1v) is 6.57. The number of hydrogen-bond acceptors (Lipinski definition) is 4. The molecule has 4 heteroatoms. The molecule has 0 atom stereocenters. The Bertz CT molecular complexity index is 454. The summed E-state index contributed by atoms with van der Waals surface area (Å²) in [5, 5.41) is 7.51. The smallest absolute Gasteiger partial charge is 0.159 e. The normalized spacial score (nSPS) is 11.7. The second kappa shape index (κ2) is 4.94. The van der Waals surface area contributed by atoms with E-state index in [1.165, 1.54) is 0 Å². The van der Waals surface area contributed by atoms with Gasteiger partial charge < -0.3 is 5.32 Å². The maximum Gasteiger partial charge on any atom is 0.159 e. The highest BCUT2D eigenvalue weighted by Gasteiger charge is 2.08. The van der Waals surface area contributed by atoms with Crippen LogP contribution in [0.4, 0.5) is 0 Å². The van der Waals surface area contributed by atoms with Gasteiger partial charge >= 0.3 is 0 Å². The summed E-state index contributed by atoms with van der Waals surface area (Å²) in [5.74, 6) is 0.797. The van der Waals surface area contributed by atoms with Gasteiger partial charge in [-0.15, -0.1) is 0 Å². The van der Waals surface area contributed by atoms with Crippen molar-refractivity contribution < 1.29 is 0 Å². The van der Waals surface area contributed by atoms with E-state index in [9.17, 15) is 0 Å². The van der Waals surface area contributed by atoms with E-state index in [4.69, 9.17) is 0 Å². The molecule has 0 bridgehead atoms. The molecular formula is C13H17N3S. The second-order valence-electron chi connectivity index (χ2n) is 5.03. The van der Waals surface area contributed by atoms with Gasteiger partial charge in [-0.3, -0.25) is 0 Å². The fourth-order valence-electron chi connectivity index (χ4n) is 1.35. The third-order valence-electron chi connectivity index (χ3n) is 2.31. The molecule has 0 saturated heterocycles. The van der Waals surface area contributed by atoms with E-state index < -0.39 is 0 Å². The van der Waals surface area contributed by atoms with E-state index in [1.807, 2.05) is 23.8 Å². The van der Waals surface area contributed by atoms with Gasteiger partial charge in [0.05, 0.1) is 0 Å². The molecule has 90 valence electrons. The minimum Gasteiger partial charge on any atom is -0.308 e. The lowest BCUT2D eigenvalue weighted by Crippen LogP contribution is -2.35. The molecule has 0 spiro atoms. The first-order chi connectivity index (χ1) is 8.04. The van der Waals surface area contributed by atoms with E-state index in [-0.39, 0.29) is 5.54 Å². The standard InChI is InChI=1S/C13H17N3S/c1-13(2,3)16-8-10-6-14-12(15-7-10)11-4-5-17-9-11/h4-7,9,16H,8H2,1-3H3. The van der Waals surface area contributed by atoms with Crippen molar-refractivity contribution in [3.63, 3.8) is 0 Å². The fraction of sp³-hybridized carbons (Fsp3) is 0.385. The minimum atomic E-state index is 0.117. The van der Waals surface area contributed by atoms with Crippen molar-refractivity contribution in [1.29, 1.82) is 0 Å².